The molecule has 112 valence electrons. The minimum Gasteiger partial charge on any atom is -0.314 e. The van der Waals surface area contributed by atoms with Crippen molar-refractivity contribution in [2.24, 2.45) is 5.92 Å². The van der Waals surface area contributed by atoms with E-state index < -0.39 is 0 Å². The highest BCUT2D eigenvalue weighted by Gasteiger charge is 2.33. The standard InChI is InChI=1S/C16H33N3/c1-5-17-16-9-11-19(14(3)13(16)2)12-15-8-6-7-10-18(15)4/h13-17H,5-12H2,1-4H3. The third-order valence-electron chi connectivity index (χ3n) is 5.53. The van der Waals surface area contributed by atoms with Crippen molar-refractivity contribution in [2.45, 2.75) is 64.6 Å². The Hall–Kier alpha value is -0.120. The Morgan fingerprint density at radius 3 is 2.58 bits per heavy atom. The van der Waals surface area contributed by atoms with Gasteiger partial charge in [0.1, 0.15) is 0 Å². The Balaban J connectivity index is 1.87. The quantitative estimate of drug-likeness (QED) is 0.842. The second kappa shape index (κ2) is 7.05. The molecule has 0 aromatic carbocycles. The second-order valence-electron chi connectivity index (χ2n) is 6.68. The third-order valence-corrected chi connectivity index (χ3v) is 5.53. The van der Waals surface area contributed by atoms with Gasteiger partial charge in [0, 0.05) is 24.7 Å². The number of piperidine rings is 2. The van der Waals surface area contributed by atoms with Gasteiger partial charge in [0.15, 0.2) is 0 Å². The largest absolute Gasteiger partial charge is 0.314 e. The molecule has 2 fully saturated rings. The molecule has 4 atom stereocenters. The summed E-state index contributed by atoms with van der Waals surface area (Å²) in [7, 11) is 2.31. The number of rotatable bonds is 4. The molecule has 0 saturated carbocycles. The van der Waals surface area contributed by atoms with Gasteiger partial charge >= 0.3 is 0 Å². The predicted octanol–water partition coefficient (Wildman–Crippen LogP) is 2.18. The lowest BCUT2D eigenvalue weighted by molar-refractivity contribution is 0.0477. The van der Waals surface area contributed by atoms with E-state index in [9.17, 15) is 0 Å². The summed E-state index contributed by atoms with van der Waals surface area (Å²) in [5.41, 5.74) is 0. The van der Waals surface area contributed by atoms with E-state index in [1.54, 1.807) is 0 Å². The zero-order valence-electron chi connectivity index (χ0n) is 13.4. The monoisotopic (exact) mass is 267 g/mol. The van der Waals surface area contributed by atoms with Gasteiger partial charge in [-0.05, 0) is 58.8 Å². The summed E-state index contributed by atoms with van der Waals surface area (Å²) in [6.45, 7) is 12.0. The van der Waals surface area contributed by atoms with E-state index in [0.717, 1.165) is 24.5 Å². The molecule has 2 aliphatic heterocycles. The van der Waals surface area contributed by atoms with Crippen LogP contribution in [-0.2, 0) is 0 Å². The highest BCUT2D eigenvalue weighted by Crippen LogP contribution is 2.25. The van der Waals surface area contributed by atoms with E-state index in [0.29, 0.717) is 6.04 Å². The summed E-state index contributed by atoms with van der Waals surface area (Å²) < 4.78 is 0. The summed E-state index contributed by atoms with van der Waals surface area (Å²) in [6.07, 6.45) is 5.52. The van der Waals surface area contributed by atoms with Crippen LogP contribution < -0.4 is 5.32 Å². The van der Waals surface area contributed by atoms with Crippen molar-refractivity contribution >= 4 is 0 Å². The number of likely N-dealkylation sites (tertiary alicyclic amines) is 2. The van der Waals surface area contributed by atoms with Gasteiger partial charge in [0.2, 0.25) is 0 Å². The Morgan fingerprint density at radius 2 is 1.89 bits per heavy atom. The van der Waals surface area contributed by atoms with Crippen LogP contribution in [0.25, 0.3) is 0 Å². The molecule has 2 heterocycles. The number of hydrogen-bond donors (Lipinski definition) is 1. The van der Waals surface area contributed by atoms with Gasteiger partial charge in [0.25, 0.3) is 0 Å². The molecule has 0 aliphatic carbocycles. The van der Waals surface area contributed by atoms with Gasteiger partial charge in [-0.1, -0.05) is 20.3 Å². The lowest BCUT2D eigenvalue weighted by Gasteiger charge is -2.46. The van der Waals surface area contributed by atoms with Gasteiger partial charge < -0.3 is 10.2 Å². The number of likely N-dealkylation sites (N-methyl/N-ethyl adjacent to an activating group) is 1. The SMILES string of the molecule is CCNC1CCN(CC2CCCCN2C)C(C)C1C. The summed E-state index contributed by atoms with van der Waals surface area (Å²) >= 11 is 0. The van der Waals surface area contributed by atoms with Gasteiger partial charge in [-0.2, -0.15) is 0 Å². The van der Waals surface area contributed by atoms with Crippen LogP contribution in [-0.4, -0.2) is 61.2 Å². The first-order valence-corrected chi connectivity index (χ1v) is 8.31. The minimum absolute atomic E-state index is 0.716. The van der Waals surface area contributed by atoms with Crippen LogP contribution in [0.3, 0.4) is 0 Å². The smallest absolute Gasteiger partial charge is 0.0220 e. The fourth-order valence-corrected chi connectivity index (χ4v) is 3.89. The molecular weight excluding hydrogens is 234 g/mol. The minimum atomic E-state index is 0.716. The summed E-state index contributed by atoms with van der Waals surface area (Å²) in [4.78, 5) is 5.32. The van der Waals surface area contributed by atoms with E-state index in [1.807, 2.05) is 0 Å². The van der Waals surface area contributed by atoms with Gasteiger partial charge in [-0.15, -0.1) is 0 Å². The molecule has 4 unspecified atom stereocenters. The molecule has 2 rings (SSSR count). The molecule has 2 saturated heterocycles. The molecule has 0 aromatic heterocycles. The molecule has 0 aromatic rings. The van der Waals surface area contributed by atoms with Crippen LogP contribution in [0.1, 0.15) is 46.5 Å². The predicted molar refractivity (Wildman–Crippen MR) is 82.5 cm³/mol. The Labute approximate surface area is 119 Å². The van der Waals surface area contributed by atoms with E-state index in [1.165, 1.54) is 45.3 Å². The van der Waals surface area contributed by atoms with E-state index in [-0.39, 0.29) is 0 Å². The maximum Gasteiger partial charge on any atom is 0.0220 e. The van der Waals surface area contributed by atoms with Crippen LogP contribution in [0.4, 0.5) is 0 Å². The van der Waals surface area contributed by atoms with Gasteiger partial charge in [-0.25, -0.2) is 0 Å². The second-order valence-corrected chi connectivity index (χ2v) is 6.68. The molecule has 3 heteroatoms. The topological polar surface area (TPSA) is 18.5 Å². The average molecular weight is 267 g/mol. The molecular formula is C16H33N3. The van der Waals surface area contributed by atoms with Crippen molar-refractivity contribution in [2.75, 3.05) is 33.2 Å². The lowest BCUT2D eigenvalue weighted by atomic mass is 9.86. The molecule has 0 radical (unpaired) electrons. The first-order chi connectivity index (χ1) is 9.13. The lowest BCUT2D eigenvalue weighted by Crippen LogP contribution is -2.56. The van der Waals surface area contributed by atoms with E-state index in [4.69, 9.17) is 0 Å². The van der Waals surface area contributed by atoms with Crippen molar-refractivity contribution in [1.82, 2.24) is 15.1 Å². The molecule has 1 N–H and O–H groups in total. The molecule has 19 heavy (non-hydrogen) atoms. The van der Waals surface area contributed by atoms with Crippen molar-refractivity contribution in [3.63, 3.8) is 0 Å². The van der Waals surface area contributed by atoms with Crippen LogP contribution in [0.15, 0.2) is 0 Å². The van der Waals surface area contributed by atoms with Gasteiger partial charge in [-0.3, -0.25) is 4.90 Å². The maximum atomic E-state index is 3.66. The molecule has 0 bridgehead atoms. The number of nitrogens with one attached hydrogen (secondary N) is 1. The van der Waals surface area contributed by atoms with Crippen LogP contribution in [0, 0.1) is 5.92 Å². The fraction of sp³-hybridized carbons (Fsp3) is 1.00. The third kappa shape index (κ3) is 3.71. The van der Waals surface area contributed by atoms with E-state index >= 15 is 0 Å². The maximum absolute atomic E-state index is 3.66. The first kappa shape index (κ1) is 15.3. The van der Waals surface area contributed by atoms with Crippen LogP contribution in [0.2, 0.25) is 0 Å². The van der Waals surface area contributed by atoms with Crippen molar-refractivity contribution < 1.29 is 0 Å². The zero-order chi connectivity index (χ0) is 13.8. The van der Waals surface area contributed by atoms with Crippen molar-refractivity contribution in [1.29, 1.82) is 0 Å². The molecule has 0 spiro atoms. The van der Waals surface area contributed by atoms with Crippen molar-refractivity contribution in [3.05, 3.63) is 0 Å². The van der Waals surface area contributed by atoms with Crippen LogP contribution in [0.5, 0.6) is 0 Å². The highest BCUT2D eigenvalue weighted by atomic mass is 15.2. The molecule has 2 aliphatic rings. The highest BCUT2D eigenvalue weighted by molar-refractivity contribution is 4.90. The van der Waals surface area contributed by atoms with Crippen LogP contribution >= 0.6 is 0 Å². The molecule has 0 amide bonds. The summed E-state index contributed by atoms with van der Waals surface area (Å²) in [6, 6.07) is 2.23. The first-order valence-electron chi connectivity index (χ1n) is 8.31. The summed E-state index contributed by atoms with van der Waals surface area (Å²) in [5, 5.41) is 3.66. The van der Waals surface area contributed by atoms with E-state index in [2.05, 4.69) is 42.9 Å². The van der Waals surface area contributed by atoms with Gasteiger partial charge in [0.05, 0.1) is 0 Å². The molecule has 3 nitrogen and oxygen atoms in total. The zero-order valence-corrected chi connectivity index (χ0v) is 13.4. The van der Waals surface area contributed by atoms with Crippen molar-refractivity contribution in [3.8, 4) is 0 Å². The summed E-state index contributed by atoms with van der Waals surface area (Å²) in [5.74, 6) is 0.766. The Kier molecular flexibility index (Phi) is 5.67. The Morgan fingerprint density at radius 1 is 1.11 bits per heavy atom. The number of hydrogen-bond acceptors (Lipinski definition) is 3. The fourth-order valence-electron chi connectivity index (χ4n) is 3.89. The Bertz CT molecular complexity index is 269. The number of nitrogens with zero attached hydrogens (tertiary/aromatic N) is 2. The average Bonchev–Trinajstić information content (AvgIpc) is 2.41. The normalized spacial score (nSPS) is 38.5.